The summed E-state index contributed by atoms with van der Waals surface area (Å²) in [5.74, 6) is -1.45. The first-order valence-electron chi connectivity index (χ1n) is 26.6. The van der Waals surface area contributed by atoms with Gasteiger partial charge in [-0.2, -0.15) is 0 Å². The molecule has 11 nitrogen and oxygen atoms in total. The molecule has 3 unspecified atom stereocenters. The van der Waals surface area contributed by atoms with Crippen LogP contribution in [0.4, 0.5) is 0 Å². The number of phosphoric acid groups is 1. The Morgan fingerprint density at radius 3 is 1.08 bits per heavy atom. The third kappa shape index (κ3) is 45.4. The molecule has 0 rings (SSSR count). The standard InChI is InChI=1S/C52H99O11P/c1-4-7-10-13-16-19-20-21-22-23-24-25-26-27-28-31-34-37-40-43-52(56)63-49(45-59-50(54)41-38-35-32-29-17-14-11-8-5-2)47-61-64(57,58)60-46-48(44-53)62-51(55)42-39-36-33-30-18-15-12-9-6-3/h21-22,48-49,53H,4-20,23-47H2,1-3H3,(H,57,58)/b22-21-. The summed E-state index contributed by atoms with van der Waals surface area (Å²) in [6.45, 7) is 4.61. The smallest absolute Gasteiger partial charge is 0.462 e. The van der Waals surface area contributed by atoms with E-state index in [9.17, 15) is 28.9 Å². The average Bonchev–Trinajstić information content (AvgIpc) is 3.28. The lowest BCUT2D eigenvalue weighted by atomic mass is 10.1. The number of ether oxygens (including phenoxy) is 3. The zero-order chi connectivity index (χ0) is 47.0. The van der Waals surface area contributed by atoms with Crippen molar-refractivity contribution in [1.29, 1.82) is 0 Å². The maximum absolute atomic E-state index is 12.8. The molecule has 0 aliphatic heterocycles. The zero-order valence-electron chi connectivity index (χ0n) is 41.5. The van der Waals surface area contributed by atoms with E-state index in [0.29, 0.717) is 19.3 Å². The molecule has 0 spiro atoms. The molecule has 0 saturated carbocycles. The summed E-state index contributed by atoms with van der Waals surface area (Å²) in [4.78, 5) is 48.1. The van der Waals surface area contributed by atoms with Gasteiger partial charge in [-0.1, -0.05) is 213 Å². The highest BCUT2D eigenvalue weighted by Crippen LogP contribution is 2.43. The molecule has 2 N–H and O–H groups in total. The fourth-order valence-electron chi connectivity index (χ4n) is 7.59. The Balaban J connectivity index is 4.63. The van der Waals surface area contributed by atoms with E-state index in [2.05, 4.69) is 32.9 Å². The molecule has 64 heavy (non-hydrogen) atoms. The Labute approximate surface area is 392 Å². The van der Waals surface area contributed by atoms with Gasteiger partial charge >= 0.3 is 25.7 Å². The Morgan fingerprint density at radius 1 is 0.422 bits per heavy atom. The quantitative estimate of drug-likeness (QED) is 0.0197. The van der Waals surface area contributed by atoms with Gasteiger partial charge in [-0.3, -0.25) is 23.4 Å². The van der Waals surface area contributed by atoms with E-state index >= 15 is 0 Å². The Kier molecular flexibility index (Phi) is 46.4. The molecule has 3 atom stereocenters. The number of esters is 3. The van der Waals surface area contributed by atoms with Crippen LogP contribution in [0.1, 0.15) is 265 Å². The van der Waals surface area contributed by atoms with Crippen LogP contribution in [0.2, 0.25) is 0 Å². The first kappa shape index (κ1) is 62.2. The second kappa shape index (κ2) is 47.7. The van der Waals surface area contributed by atoms with E-state index in [1.54, 1.807) is 0 Å². The van der Waals surface area contributed by atoms with Crippen molar-refractivity contribution in [2.24, 2.45) is 0 Å². The van der Waals surface area contributed by atoms with Crippen molar-refractivity contribution in [2.45, 2.75) is 277 Å². The van der Waals surface area contributed by atoms with Crippen LogP contribution in [0.5, 0.6) is 0 Å². The summed E-state index contributed by atoms with van der Waals surface area (Å²) in [5, 5.41) is 9.73. The van der Waals surface area contributed by atoms with Crippen molar-refractivity contribution >= 4 is 25.7 Å². The second-order valence-electron chi connectivity index (χ2n) is 18.1. The number of carbonyl (C=O) groups excluding carboxylic acids is 3. The predicted molar refractivity (Wildman–Crippen MR) is 261 cm³/mol. The van der Waals surface area contributed by atoms with Crippen molar-refractivity contribution in [3.8, 4) is 0 Å². The molecule has 0 heterocycles. The average molecular weight is 931 g/mol. The molecule has 0 aliphatic carbocycles. The first-order valence-corrected chi connectivity index (χ1v) is 28.1. The van der Waals surface area contributed by atoms with Crippen molar-refractivity contribution in [3.63, 3.8) is 0 Å². The minimum absolute atomic E-state index is 0.172. The van der Waals surface area contributed by atoms with E-state index in [-0.39, 0.29) is 25.9 Å². The molecule has 0 aromatic heterocycles. The normalized spacial score (nSPS) is 13.5. The summed E-state index contributed by atoms with van der Waals surface area (Å²) < 4.78 is 39.3. The van der Waals surface area contributed by atoms with Gasteiger partial charge in [-0.15, -0.1) is 0 Å². The van der Waals surface area contributed by atoms with Gasteiger partial charge in [-0.25, -0.2) is 4.57 Å². The van der Waals surface area contributed by atoms with E-state index in [1.165, 1.54) is 148 Å². The van der Waals surface area contributed by atoms with Gasteiger partial charge in [0.1, 0.15) is 12.7 Å². The molecule has 0 saturated heterocycles. The fourth-order valence-corrected chi connectivity index (χ4v) is 8.37. The molecule has 0 fully saturated rings. The lowest BCUT2D eigenvalue weighted by Crippen LogP contribution is -2.30. The molecule has 0 bridgehead atoms. The van der Waals surface area contributed by atoms with E-state index in [4.69, 9.17) is 23.3 Å². The maximum Gasteiger partial charge on any atom is 0.472 e. The molecular weight excluding hydrogens is 832 g/mol. The van der Waals surface area contributed by atoms with Crippen molar-refractivity contribution in [2.75, 3.05) is 26.4 Å². The SMILES string of the molecule is CCCCCCCC/C=C\CCCCCCCCCCCC(=O)OC(COC(=O)CCCCCCCCCCC)COP(=O)(O)OCC(CO)OC(=O)CCCCCCCCCCC. The van der Waals surface area contributed by atoms with Gasteiger partial charge in [0.15, 0.2) is 6.10 Å². The second-order valence-corrected chi connectivity index (χ2v) is 19.5. The maximum atomic E-state index is 12.8. The number of carbonyl (C=O) groups is 3. The predicted octanol–water partition coefficient (Wildman–Crippen LogP) is 14.9. The number of rotatable bonds is 50. The summed E-state index contributed by atoms with van der Waals surface area (Å²) in [5.41, 5.74) is 0. The number of aliphatic hydroxyl groups excluding tert-OH is 1. The Bertz CT molecular complexity index is 1130. The van der Waals surface area contributed by atoms with E-state index in [0.717, 1.165) is 57.8 Å². The Hall–Kier alpha value is -1.78. The third-order valence-electron chi connectivity index (χ3n) is 11.7. The lowest BCUT2D eigenvalue weighted by Gasteiger charge is -2.21. The van der Waals surface area contributed by atoms with Crippen LogP contribution in [0.25, 0.3) is 0 Å². The number of aliphatic hydroxyl groups is 1. The van der Waals surface area contributed by atoms with Crippen LogP contribution < -0.4 is 0 Å². The van der Waals surface area contributed by atoms with Crippen molar-refractivity contribution in [1.82, 2.24) is 0 Å². The number of allylic oxidation sites excluding steroid dienone is 2. The molecule has 0 aromatic carbocycles. The van der Waals surface area contributed by atoms with Crippen LogP contribution in [0.3, 0.4) is 0 Å². The topological polar surface area (TPSA) is 155 Å². The molecular formula is C52H99O11P. The highest BCUT2D eigenvalue weighted by molar-refractivity contribution is 7.47. The largest absolute Gasteiger partial charge is 0.472 e. The summed E-state index contributed by atoms with van der Waals surface area (Å²) in [7, 11) is -4.72. The third-order valence-corrected chi connectivity index (χ3v) is 12.6. The van der Waals surface area contributed by atoms with Crippen LogP contribution in [-0.2, 0) is 42.2 Å². The van der Waals surface area contributed by atoms with Gasteiger partial charge in [0.25, 0.3) is 0 Å². The van der Waals surface area contributed by atoms with Crippen LogP contribution in [-0.4, -0.2) is 66.5 Å². The first-order chi connectivity index (χ1) is 31.2. The molecule has 12 heteroatoms. The minimum Gasteiger partial charge on any atom is -0.462 e. The molecule has 0 amide bonds. The molecule has 0 aliphatic rings. The van der Waals surface area contributed by atoms with Crippen LogP contribution >= 0.6 is 7.82 Å². The van der Waals surface area contributed by atoms with Gasteiger partial charge in [-0.05, 0) is 44.9 Å². The monoisotopic (exact) mass is 931 g/mol. The summed E-state index contributed by atoms with van der Waals surface area (Å²) >= 11 is 0. The number of phosphoric ester groups is 1. The molecule has 0 radical (unpaired) electrons. The van der Waals surface area contributed by atoms with E-state index in [1.807, 2.05) is 0 Å². The zero-order valence-corrected chi connectivity index (χ0v) is 42.4. The van der Waals surface area contributed by atoms with Gasteiger partial charge in [0.05, 0.1) is 19.8 Å². The highest BCUT2D eigenvalue weighted by Gasteiger charge is 2.28. The molecule has 0 aromatic rings. The van der Waals surface area contributed by atoms with Crippen LogP contribution in [0.15, 0.2) is 12.2 Å². The highest BCUT2D eigenvalue weighted by atomic mass is 31.2. The number of hydrogen-bond acceptors (Lipinski definition) is 10. The van der Waals surface area contributed by atoms with E-state index < -0.39 is 57.8 Å². The van der Waals surface area contributed by atoms with Gasteiger partial charge in [0.2, 0.25) is 0 Å². The molecule has 378 valence electrons. The number of unbranched alkanes of at least 4 members (excludes halogenated alkanes) is 31. The minimum atomic E-state index is -4.72. The van der Waals surface area contributed by atoms with Crippen LogP contribution in [0, 0.1) is 0 Å². The van der Waals surface area contributed by atoms with Crippen molar-refractivity contribution < 1.29 is 52.2 Å². The fraction of sp³-hybridized carbons (Fsp3) is 0.904. The van der Waals surface area contributed by atoms with Gasteiger partial charge in [0, 0.05) is 19.3 Å². The number of hydrogen-bond donors (Lipinski definition) is 2. The summed E-state index contributed by atoms with van der Waals surface area (Å²) in [6.07, 6.45) is 43.4. The Morgan fingerprint density at radius 2 is 0.719 bits per heavy atom. The van der Waals surface area contributed by atoms with Crippen molar-refractivity contribution in [3.05, 3.63) is 12.2 Å². The summed E-state index contributed by atoms with van der Waals surface area (Å²) in [6, 6.07) is 0. The lowest BCUT2D eigenvalue weighted by molar-refractivity contribution is -0.161. The van der Waals surface area contributed by atoms with Gasteiger partial charge < -0.3 is 24.2 Å².